The van der Waals surface area contributed by atoms with Crippen LogP contribution in [0.3, 0.4) is 0 Å². The molecular formula is C16H20BrN3O2S. The molecule has 1 aromatic rings. The van der Waals surface area contributed by atoms with Gasteiger partial charge in [-0.1, -0.05) is 40.0 Å². The molecule has 7 heteroatoms. The van der Waals surface area contributed by atoms with E-state index in [1.807, 2.05) is 30.5 Å². The van der Waals surface area contributed by atoms with Crippen molar-refractivity contribution in [3.8, 4) is 0 Å². The van der Waals surface area contributed by atoms with Crippen LogP contribution in [0.15, 0.2) is 34.8 Å². The predicted octanol–water partition coefficient (Wildman–Crippen LogP) is 2.00. The van der Waals surface area contributed by atoms with E-state index in [1.54, 1.807) is 22.9 Å². The second-order valence-corrected chi connectivity index (χ2v) is 6.90. The number of piperazine rings is 1. The van der Waals surface area contributed by atoms with Crippen LogP contribution in [-0.2, 0) is 9.59 Å². The van der Waals surface area contributed by atoms with Crippen LogP contribution in [0, 0.1) is 0 Å². The standard InChI is InChI=1S/C16H20BrN3O2S/c1-23-20-9-7-19(8-10-20)16(22)12-18-15(21)6-5-13-3-2-4-14(17)11-13/h2-6,11H,7-10,12H2,1H3,(H,18,21)/b6-5+. The number of amides is 2. The number of halogens is 1. The van der Waals surface area contributed by atoms with Crippen LogP contribution in [0.5, 0.6) is 0 Å². The third-order valence-corrected chi connectivity index (χ3v) is 4.91. The zero-order chi connectivity index (χ0) is 16.7. The Morgan fingerprint density at radius 1 is 1.30 bits per heavy atom. The average Bonchev–Trinajstić information content (AvgIpc) is 2.58. The maximum absolute atomic E-state index is 12.1. The highest BCUT2D eigenvalue weighted by Crippen LogP contribution is 2.12. The Kier molecular flexibility index (Phi) is 7.14. The van der Waals surface area contributed by atoms with Crippen molar-refractivity contribution in [2.45, 2.75) is 0 Å². The Labute approximate surface area is 149 Å². The molecule has 0 unspecified atom stereocenters. The minimum Gasteiger partial charge on any atom is -0.343 e. The zero-order valence-electron chi connectivity index (χ0n) is 13.0. The van der Waals surface area contributed by atoms with Crippen molar-refractivity contribution in [1.29, 1.82) is 0 Å². The zero-order valence-corrected chi connectivity index (χ0v) is 15.4. The molecule has 2 rings (SSSR count). The van der Waals surface area contributed by atoms with Crippen LogP contribution in [0.4, 0.5) is 0 Å². The maximum atomic E-state index is 12.1. The number of nitrogens with one attached hydrogen (secondary N) is 1. The molecule has 1 heterocycles. The van der Waals surface area contributed by atoms with Crippen LogP contribution in [-0.4, -0.2) is 60.0 Å². The van der Waals surface area contributed by atoms with E-state index in [4.69, 9.17) is 0 Å². The van der Waals surface area contributed by atoms with Crippen molar-refractivity contribution in [1.82, 2.24) is 14.5 Å². The lowest BCUT2D eigenvalue weighted by atomic mass is 10.2. The first-order chi connectivity index (χ1) is 11.1. The van der Waals surface area contributed by atoms with E-state index in [0.29, 0.717) is 13.1 Å². The van der Waals surface area contributed by atoms with E-state index in [2.05, 4.69) is 25.6 Å². The maximum Gasteiger partial charge on any atom is 0.244 e. The van der Waals surface area contributed by atoms with Gasteiger partial charge in [-0.15, -0.1) is 0 Å². The highest BCUT2D eigenvalue weighted by atomic mass is 79.9. The smallest absolute Gasteiger partial charge is 0.244 e. The summed E-state index contributed by atoms with van der Waals surface area (Å²) in [5, 5.41) is 2.64. The number of benzene rings is 1. The van der Waals surface area contributed by atoms with Crippen LogP contribution in [0.2, 0.25) is 0 Å². The molecule has 0 radical (unpaired) electrons. The minimum absolute atomic E-state index is 0.0324. The first-order valence-corrected chi connectivity index (χ1v) is 9.34. The van der Waals surface area contributed by atoms with Crippen LogP contribution < -0.4 is 5.32 Å². The Bertz CT molecular complexity index is 586. The molecule has 1 fully saturated rings. The van der Waals surface area contributed by atoms with Crippen molar-refractivity contribution in [2.75, 3.05) is 39.0 Å². The molecule has 23 heavy (non-hydrogen) atoms. The second-order valence-electron chi connectivity index (χ2n) is 5.10. The first-order valence-electron chi connectivity index (χ1n) is 7.37. The Hall–Kier alpha value is -1.31. The van der Waals surface area contributed by atoms with E-state index in [9.17, 15) is 9.59 Å². The molecule has 0 saturated carbocycles. The number of carbonyl (C=O) groups is 2. The van der Waals surface area contributed by atoms with Gasteiger partial charge >= 0.3 is 0 Å². The molecule has 124 valence electrons. The normalized spacial score (nSPS) is 15.8. The van der Waals surface area contributed by atoms with Gasteiger partial charge in [-0.05, 0) is 30.0 Å². The summed E-state index contributed by atoms with van der Waals surface area (Å²) in [7, 11) is 0. The molecule has 0 aliphatic carbocycles. The third-order valence-electron chi connectivity index (χ3n) is 3.54. The van der Waals surface area contributed by atoms with E-state index in [-0.39, 0.29) is 18.4 Å². The highest BCUT2D eigenvalue weighted by molar-refractivity contribution is 9.10. The molecule has 1 aliphatic rings. The summed E-state index contributed by atoms with van der Waals surface area (Å²) in [6.45, 7) is 3.20. The SMILES string of the molecule is CSN1CCN(C(=O)CNC(=O)/C=C/c2cccc(Br)c2)CC1. The molecule has 0 aromatic heterocycles. The number of nitrogens with zero attached hydrogens (tertiary/aromatic N) is 2. The highest BCUT2D eigenvalue weighted by Gasteiger charge is 2.20. The van der Waals surface area contributed by atoms with E-state index >= 15 is 0 Å². The van der Waals surface area contributed by atoms with Crippen molar-refractivity contribution in [3.05, 3.63) is 40.4 Å². The average molecular weight is 398 g/mol. The topological polar surface area (TPSA) is 52.6 Å². The van der Waals surface area contributed by atoms with Crippen molar-refractivity contribution in [2.24, 2.45) is 0 Å². The minimum atomic E-state index is -0.263. The van der Waals surface area contributed by atoms with Gasteiger partial charge in [-0.25, -0.2) is 4.31 Å². The lowest BCUT2D eigenvalue weighted by Crippen LogP contribution is -2.49. The predicted molar refractivity (Wildman–Crippen MR) is 97.9 cm³/mol. The van der Waals surface area contributed by atoms with Gasteiger partial charge in [0.15, 0.2) is 0 Å². The lowest BCUT2D eigenvalue weighted by Gasteiger charge is -2.33. The van der Waals surface area contributed by atoms with Crippen LogP contribution in [0.25, 0.3) is 6.08 Å². The molecule has 1 aliphatic heterocycles. The molecule has 2 amide bonds. The van der Waals surface area contributed by atoms with Crippen molar-refractivity contribution < 1.29 is 9.59 Å². The van der Waals surface area contributed by atoms with E-state index in [1.165, 1.54) is 6.08 Å². The summed E-state index contributed by atoms with van der Waals surface area (Å²) in [5.41, 5.74) is 0.925. The quantitative estimate of drug-likeness (QED) is 0.609. The molecule has 1 saturated heterocycles. The van der Waals surface area contributed by atoms with E-state index in [0.717, 1.165) is 23.1 Å². The van der Waals surface area contributed by atoms with Crippen molar-refractivity contribution >= 4 is 45.8 Å². The summed E-state index contributed by atoms with van der Waals surface area (Å²) in [6.07, 6.45) is 5.21. The third kappa shape index (κ3) is 6.01. The van der Waals surface area contributed by atoms with Gasteiger partial charge in [0.25, 0.3) is 0 Å². The fraction of sp³-hybridized carbons (Fsp3) is 0.375. The van der Waals surface area contributed by atoms with Gasteiger partial charge in [0, 0.05) is 36.7 Å². The largest absolute Gasteiger partial charge is 0.343 e. The van der Waals surface area contributed by atoms with Crippen LogP contribution >= 0.6 is 27.9 Å². The number of rotatable bonds is 5. The molecule has 0 bridgehead atoms. The summed E-state index contributed by atoms with van der Waals surface area (Å²) in [4.78, 5) is 25.7. The number of hydrogen-bond donors (Lipinski definition) is 1. The van der Waals surface area contributed by atoms with Gasteiger partial charge in [0.2, 0.25) is 11.8 Å². The molecule has 1 aromatic carbocycles. The van der Waals surface area contributed by atoms with Crippen molar-refractivity contribution in [3.63, 3.8) is 0 Å². The van der Waals surface area contributed by atoms with Gasteiger partial charge in [0.1, 0.15) is 0 Å². The molecule has 0 atom stereocenters. The van der Waals surface area contributed by atoms with Gasteiger partial charge in [0.05, 0.1) is 6.54 Å². The Morgan fingerprint density at radius 2 is 2.04 bits per heavy atom. The summed E-state index contributed by atoms with van der Waals surface area (Å²) >= 11 is 5.08. The number of hydrogen-bond acceptors (Lipinski definition) is 4. The fourth-order valence-corrected chi connectivity index (χ4v) is 3.18. The van der Waals surface area contributed by atoms with Gasteiger partial charge in [-0.2, -0.15) is 0 Å². The summed E-state index contributed by atoms with van der Waals surface area (Å²) < 4.78 is 3.18. The molecule has 0 spiro atoms. The number of carbonyl (C=O) groups excluding carboxylic acids is 2. The summed E-state index contributed by atoms with van der Waals surface area (Å²) in [6, 6.07) is 7.65. The van der Waals surface area contributed by atoms with Gasteiger partial charge in [-0.3, -0.25) is 9.59 Å². The monoisotopic (exact) mass is 397 g/mol. The molecular weight excluding hydrogens is 378 g/mol. The Balaban J connectivity index is 1.75. The lowest BCUT2D eigenvalue weighted by molar-refractivity contribution is -0.133. The van der Waals surface area contributed by atoms with Crippen LogP contribution in [0.1, 0.15) is 5.56 Å². The van der Waals surface area contributed by atoms with E-state index < -0.39 is 0 Å². The first kappa shape index (κ1) is 18.0. The fourth-order valence-electron chi connectivity index (χ4n) is 2.24. The molecule has 1 N–H and O–H groups in total. The molecule has 5 nitrogen and oxygen atoms in total. The Morgan fingerprint density at radius 3 is 2.70 bits per heavy atom. The van der Waals surface area contributed by atoms with Gasteiger partial charge < -0.3 is 10.2 Å². The summed E-state index contributed by atoms with van der Waals surface area (Å²) in [5.74, 6) is -0.295. The second kappa shape index (κ2) is 9.10.